The number of halogens is 4. The summed E-state index contributed by atoms with van der Waals surface area (Å²) in [5, 5.41) is 4.20. The molecule has 166 valence electrons. The molecule has 2 aromatic carbocycles. The van der Waals surface area contributed by atoms with Crippen molar-refractivity contribution < 1.29 is 4.79 Å². The van der Waals surface area contributed by atoms with E-state index in [0.717, 1.165) is 45.0 Å². The first-order chi connectivity index (χ1) is 13.4. The number of rotatable bonds is 6. The van der Waals surface area contributed by atoms with Gasteiger partial charge in [-0.05, 0) is 36.8 Å². The van der Waals surface area contributed by atoms with Crippen LogP contribution >= 0.6 is 48.0 Å². The molecule has 0 aromatic heterocycles. The predicted octanol–water partition coefficient (Wildman–Crippen LogP) is 5.54. The third-order valence-electron chi connectivity index (χ3n) is 5.15. The third-order valence-corrected chi connectivity index (χ3v) is 5.89. The summed E-state index contributed by atoms with van der Waals surface area (Å²) < 4.78 is 0. The molecule has 2 aromatic rings. The highest BCUT2D eigenvalue weighted by Crippen LogP contribution is 2.23. The molecule has 0 unspecified atom stereocenters. The molecule has 0 saturated carbocycles. The highest BCUT2D eigenvalue weighted by molar-refractivity contribution is 6.42. The molecule has 30 heavy (non-hydrogen) atoms. The van der Waals surface area contributed by atoms with E-state index in [1.165, 1.54) is 11.1 Å². The maximum atomic E-state index is 12.5. The Morgan fingerprint density at radius 3 is 2.17 bits per heavy atom. The molecule has 1 fully saturated rings. The first kappa shape index (κ1) is 27.0. The van der Waals surface area contributed by atoms with Crippen molar-refractivity contribution in [3.8, 4) is 0 Å². The number of amides is 1. The zero-order chi connectivity index (χ0) is 20.1. The standard InChI is InChI=1S/C22H27Cl2N3O.2ClH/c1-16-3-6-19(7-4-16)25-22(28)17(2)14-26-9-11-27(12-10-26)15-18-5-8-20(23)21(24)13-18;;/h3-8,13,17H,9-12,14-15H2,1-2H3,(H,25,28);2*1H/t17-;;/m0../s1. The van der Waals surface area contributed by atoms with Crippen LogP contribution in [-0.2, 0) is 11.3 Å². The number of carbonyl (C=O) groups excluding carboxylic acids is 1. The van der Waals surface area contributed by atoms with E-state index >= 15 is 0 Å². The van der Waals surface area contributed by atoms with Crippen LogP contribution in [-0.4, -0.2) is 48.4 Å². The fourth-order valence-corrected chi connectivity index (χ4v) is 3.72. The highest BCUT2D eigenvalue weighted by Gasteiger charge is 2.22. The number of hydrogen-bond acceptors (Lipinski definition) is 3. The number of piperazine rings is 1. The molecule has 1 atom stereocenters. The minimum Gasteiger partial charge on any atom is -0.326 e. The van der Waals surface area contributed by atoms with E-state index in [0.29, 0.717) is 10.0 Å². The molecule has 1 N–H and O–H groups in total. The first-order valence-electron chi connectivity index (χ1n) is 9.67. The van der Waals surface area contributed by atoms with Crippen molar-refractivity contribution in [2.45, 2.75) is 20.4 Å². The molecule has 1 amide bonds. The van der Waals surface area contributed by atoms with Gasteiger partial charge in [0, 0.05) is 50.9 Å². The van der Waals surface area contributed by atoms with Crippen LogP contribution in [0.5, 0.6) is 0 Å². The van der Waals surface area contributed by atoms with E-state index < -0.39 is 0 Å². The second-order valence-electron chi connectivity index (χ2n) is 7.58. The van der Waals surface area contributed by atoms with Crippen molar-refractivity contribution in [3.05, 3.63) is 63.6 Å². The summed E-state index contributed by atoms with van der Waals surface area (Å²) in [5.41, 5.74) is 3.22. The number of aryl methyl sites for hydroxylation is 1. The molecule has 1 heterocycles. The molecule has 0 spiro atoms. The quantitative estimate of drug-likeness (QED) is 0.575. The lowest BCUT2D eigenvalue weighted by Crippen LogP contribution is -2.48. The number of hydrogen-bond donors (Lipinski definition) is 1. The molecule has 1 aliphatic heterocycles. The van der Waals surface area contributed by atoms with Crippen LogP contribution in [0.25, 0.3) is 0 Å². The SMILES string of the molecule is Cc1ccc(NC(=O)[C@@H](C)CN2CCN(Cc3ccc(Cl)c(Cl)c3)CC2)cc1.Cl.Cl. The molecule has 1 aliphatic rings. The summed E-state index contributed by atoms with van der Waals surface area (Å²) in [5.74, 6) is 0.0185. The lowest BCUT2D eigenvalue weighted by molar-refractivity contribution is -0.120. The minimum absolute atomic E-state index is 0. The third kappa shape index (κ3) is 7.92. The summed E-state index contributed by atoms with van der Waals surface area (Å²) in [7, 11) is 0. The summed E-state index contributed by atoms with van der Waals surface area (Å²) in [4.78, 5) is 17.2. The topological polar surface area (TPSA) is 35.6 Å². The van der Waals surface area contributed by atoms with E-state index in [9.17, 15) is 4.79 Å². The average Bonchev–Trinajstić information content (AvgIpc) is 2.68. The number of nitrogens with zero attached hydrogens (tertiary/aromatic N) is 2. The van der Waals surface area contributed by atoms with E-state index in [1.54, 1.807) is 0 Å². The minimum atomic E-state index is -0.0528. The van der Waals surface area contributed by atoms with Crippen molar-refractivity contribution in [2.24, 2.45) is 5.92 Å². The van der Waals surface area contributed by atoms with Gasteiger partial charge in [0.1, 0.15) is 0 Å². The predicted molar refractivity (Wildman–Crippen MR) is 132 cm³/mol. The summed E-state index contributed by atoms with van der Waals surface area (Å²) in [6, 6.07) is 13.7. The molecule has 8 heteroatoms. The Morgan fingerprint density at radius 2 is 1.57 bits per heavy atom. The maximum Gasteiger partial charge on any atom is 0.228 e. The van der Waals surface area contributed by atoms with Gasteiger partial charge in [-0.15, -0.1) is 24.8 Å². The Bertz CT molecular complexity index is 809. The van der Waals surface area contributed by atoms with Gasteiger partial charge in [0.2, 0.25) is 5.91 Å². The van der Waals surface area contributed by atoms with Gasteiger partial charge in [-0.25, -0.2) is 0 Å². The van der Waals surface area contributed by atoms with Crippen LogP contribution in [0.2, 0.25) is 10.0 Å². The molecule has 0 aliphatic carbocycles. The van der Waals surface area contributed by atoms with E-state index in [-0.39, 0.29) is 36.6 Å². The van der Waals surface area contributed by atoms with Gasteiger partial charge in [-0.3, -0.25) is 9.69 Å². The number of benzene rings is 2. The van der Waals surface area contributed by atoms with Gasteiger partial charge in [0.25, 0.3) is 0 Å². The average molecular weight is 493 g/mol. The number of nitrogens with one attached hydrogen (secondary N) is 1. The first-order valence-corrected chi connectivity index (χ1v) is 10.4. The van der Waals surface area contributed by atoms with Crippen LogP contribution in [0.3, 0.4) is 0 Å². The second kappa shape index (κ2) is 12.7. The molecule has 4 nitrogen and oxygen atoms in total. The monoisotopic (exact) mass is 491 g/mol. The van der Waals surface area contributed by atoms with Gasteiger partial charge in [0.15, 0.2) is 0 Å². The van der Waals surface area contributed by atoms with Crippen LogP contribution in [0.1, 0.15) is 18.1 Å². The number of anilines is 1. The molecule has 3 rings (SSSR count). The largest absolute Gasteiger partial charge is 0.326 e. The molecular formula is C22H29Cl4N3O. The second-order valence-corrected chi connectivity index (χ2v) is 8.40. The molecular weight excluding hydrogens is 464 g/mol. The van der Waals surface area contributed by atoms with Crippen molar-refractivity contribution in [3.63, 3.8) is 0 Å². The lowest BCUT2D eigenvalue weighted by atomic mass is 10.1. The van der Waals surface area contributed by atoms with E-state index in [2.05, 4.69) is 15.1 Å². The number of carbonyl (C=O) groups is 1. The van der Waals surface area contributed by atoms with Gasteiger partial charge in [-0.1, -0.05) is 53.9 Å². The van der Waals surface area contributed by atoms with Crippen LogP contribution in [0.15, 0.2) is 42.5 Å². The Labute approximate surface area is 201 Å². The van der Waals surface area contributed by atoms with Crippen LogP contribution in [0, 0.1) is 12.8 Å². The van der Waals surface area contributed by atoms with Crippen LogP contribution in [0.4, 0.5) is 5.69 Å². The Hall–Kier alpha value is -1.01. The summed E-state index contributed by atoms with van der Waals surface area (Å²) in [6.45, 7) is 9.56. The fraction of sp³-hybridized carbons (Fsp3) is 0.409. The summed E-state index contributed by atoms with van der Waals surface area (Å²) >= 11 is 12.1. The zero-order valence-corrected chi connectivity index (χ0v) is 20.4. The normalized spacial score (nSPS) is 15.6. The maximum absolute atomic E-state index is 12.5. The van der Waals surface area contributed by atoms with E-state index in [1.807, 2.05) is 56.3 Å². The molecule has 0 radical (unpaired) electrons. The van der Waals surface area contributed by atoms with E-state index in [4.69, 9.17) is 23.2 Å². The molecule has 0 bridgehead atoms. The fourth-order valence-electron chi connectivity index (χ4n) is 3.40. The van der Waals surface area contributed by atoms with Gasteiger partial charge >= 0.3 is 0 Å². The van der Waals surface area contributed by atoms with Crippen molar-refractivity contribution in [1.29, 1.82) is 0 Å². The van der Waals surface area contributed by atoms with Crippen molar-refractivity contribution in [2.75, 3.05) is 38.0 Å². The summed E-state index contributed by atoms with van der Waals surface area (Å²) in [6.07, 6.45) is 0. The van der Waals surface area contributed by atoms with Gasteiger partial charge < -0.3 is 10.2 Å². The highest BCUT2D eigenvalue weighted by atomic mass is 35.5. The Kier molecular flexibility index (Phi) is 11.5. The van der Waals surface area contributed by atoms with Gasteiger partial charge in [-0.2, -0.15) is 0 Å². The Balaban J connectivity index is 0.00000225. The zero-order valence-electron chi connectivity index (χ0n) is 17.2. The molecule has 1 saturated heterocycles. The van der Waals surface area contributed by atoms with Gasteiger partial charge in [0.05, 0.1) is 10.0 Å². The van der Waals surface area contributed by atoms with Crippen molar-refractivity contribution >= 4 is 59.6 Å². The van der Waals surface area contributed by atoms with Crippen molar-refractivity contribution in [1.82, 2.24) is 9.80 Å². The smallest absolute Gasteiger partial charge is 0.228 e. The Morgan fingerprint density at radius 1 is 0.967 bits per heavy atom. The lowest BCUT2D eigenvalue weighted by Gasteiger charge is -2.35. The van der Waals surface area contributed by atoms with Crippen LogP contribution < -0.4 is 5.32 Å².